The molecule has 1 aliphatic heterocycles. The average molecular weight is 439 g/mol. The minimum Gasteiger partial charge on any atom is -0.466 e. The number of rotatable bonds is 6. The lowest BCUT2D eigenvalue weighted by Crippen LogP contribution is -2.32. The van der Waals surface area contributed by atoms with Gasteiger partial charge in [0.2, 0.25) is 5.69 Å². The monoisotopic (exact) mass is 439 g/mol. The first kappa shape index (κ1) is 22.2. The predicted octanol–water partition coefficient (Wildman–Crippen LogP) is 2.00. The molecule has 1 aliphatic rings. The molecule has 12 nitrogen and oxygen atoms in total. The summed E-state index contributed by atoms with van der Waals surface area (Å²) in [5.74, 6) is -2.54. The van der Waals surface area contributed by atoms with E-state index < -0.39 is 29.4 Å². The number of carbonyl (C=O) groups excluding carboxylic acids is 2. The number of ether oxygens (including phenoxy) is 2. The van der Waals surface area contributed by atoms with E-state index in [0.29, 0.717) is 17.0 Å². The van der Waals surface area contributed by atoms with Crippen LogP contribution >= 0.6 is 0 Å². The van der Waals surface area contributed by atoms with Crippen LogP contribution in [-0.4, -0.2) is 34.3 Å². The standard InChI is InChI=1S/C20H17N5O7/c1-10-16(19(26)30-3)18(12-5-4-6-13(7-12)25(28)29)17(11(2)22-10)20(27)31-9-15-14(8-21)23-32-24-15/h4-7,18,22H,9H2,1-3H3. The van der Waals surface area contributed by atoms with Gasteiger partial charge >= 0.3 is 11.9 Å². The van der Waals surface area contributed by atoms with Crippen LogP contribution in [0.4, 0.5) is 5.69 Å². The van der Waals surface area contributed by atoms with Gasteiger partial charge in [0.25, 0.3) is 5.69 Å². The molecule has 2 aromatic rings. The number of benzene rings is 1. The lowest BCUT2D eigenvalue weighted by Gasteiger charge is -2.30. The Morgan fingerprint density at radius 3 is 2.56 bits per heavy atom. The topological polar surface area (TPSA) is 170 Å². The predicted molar refractivity (Wildman–Crippen MR) is 105 cm³/mol. The number of non-ortho nitro benzene ring substituents is 1. The number of esters is 2. The molecule has 0 saturated heterocycles. The molecule has 1 aromatic carbocycles. The van der Waals surface area contributed by atoms with E-state index in [1.54, 1.807) is 26.0 Å². The van der Waals surface area contributed by atoms with Crippen LogP contribution in [0, 0.1) is 21.4 Å². The highest BCUT2D eigenvalue weighted by Gasteiger charge is 2.38. The number of nitriles is 1. The quantitative estimate of drug-likeness (QED) is 0.396. The van der Waals surface area contributed by atoms with Crippen LogP contribution in [-0.2, 0) is 25.7 Å². The van der Waals surface area contributed by atoms with Crippen molar-refractivity contribution >= 4 is 17.6 Å². The SMILES string of the molecule is COC(=O)C1=C(C)NC(C)=C(C(=O)OCc2nonc2C#N)C1c1cccc([N+](=O)[O-])c1. The van der Waals surface area contributed by atoms with Crippen molar-refractivity contribution in [2.45, 2.75) is 26.4 Å². The molecular formula is C20H17N5O7. The highest BCUT2D eigenvalue weighted by molar-refractivity contribution is 5.99. The minimum absolute atomic E-state index is 0.0229. The summed E-state index contributed by atoms with van der Waals surface area (Å²) in [7, 11) is 1.19. The van der Waals surface area contributed by atoms with Gasteiger partial charge in [-0.2, -0.15) is 5.26 Å². The number of hydrogen-bond acceptors (Lipinski definition) is 11. The van der Waals surface area contributed by atoms with Crippen molar-refractivity contribution in [3.63, 3.8) is 0 Å². The lowest BCUT2D eigenvalue weighted by molar-refractivity contribution is -0.384. The number of nitrogens with zero attached hydrogens (tertiary/aromatic N) is 4. The molecule has 164 valence electrons. The molecule has 1 atom stereocenters. The molecule has 0 fully saturated rings. The Labute approximate surface area is 181 Å². The van der Waals surface area contributed by atoms with Gasteiger partial charge in [-0.25, -0.2) is 14.2 Å². The first-order valence-corrected chi connectivity index (χ1v) is 9.18. The van der Waals surface area contributed by atoms with Gasteiger partial charge in [0.1, 0.15) is 12.7 Å². The van der Waals surface area contributed by atoms with Crippen molar-refractivity contribution in [3.8, 4) is 6.07 Å². The molecule has 0 saturated carbocycles. The van der Waals surface area contributed by atoms with Crippen LogP contribution < -0.4 is 5.32 Å². The number of aromatic nitrogens is 2. The van der Waals surface area contributed by atoms with E-state index in [2.05, 4.69) is 20.3 Å². The van der Waals surface area contributed by atoms with Gasteiger partial charge in [0.05, 0.1) is 29.1 Å². The van der Waals surface area contributed by atoms with Crippen LogP contribution in [0.5, 0.6) is 0 Å². The second kappa shape index (κ2) is 9.09. The van der Waals surface area contributed by atoms with Crippen molar-refractivity contribution in [1.29, 1.82) is 5.26 Å². The Morgan fingerprint density at radius 1 is 1.25 bits per heavy atom. The molecule has 0 bridgehead atoms. The summed E-state index contributed by atoms with van der Waals surface area (Å²) in [6, 6.07) is 7.36. The van der Waals surface area contributed by atoms with Crippen LogP contribution in [0.25, 0.3) is 0 Å². The first-order valence-electron chi connectivity index (χ1n) is 9.18. The van der Waals surface area contributed by atoms with Gasteiger partial charge in [0.15, 0.2) is 5.69 Å². The fourth-order valence-corrected chi connectivity index (χ4v) is 3.39. The zero-order chi connectivity index (χ0) is 23.4. The maximum Gasteiger partial charge on any atom is 0.337 e. The zero-order valence-electron chi connectivity index (χ0n) is 17.2. The smallest absolute Gasteiger partial charge is 0.337 e. The van der Waals surface area contributed by atoms with Crippen LogP contribution in [0.3, 0.4) is 0 Å². The van der Waals surface area contributed by atoms with E-state index in [-0.39, 0.29) is 28.2 Å². The Balaban J connectivity index is 2.05. The fraction of sp³-hybridized carbons (Fsp3) is 0.250. The van der Waals surface area contributed by atoms with Gasteiger partial charge in [-0.15, -0.1) is 0 Å². The second-order valence-corrected chi connectivity index (χ2v) is 6.73. The minimum atomic E-state index is -0.998. The highest BCUT2D eigenvalue weighted by Crippen LogP contribution is 2.40. The number of allylic oxidation sites excluding steroid dienone is 2. The van der Waals surface area contributed by atoms with Gasteiger partial charge in [0, 0.05) is 23.5 Å². The van der Waals surface area contributed by atoms with Crippen molar-refractivity contribution in [2.24, 2.45) is 0 Å². The molecular weight excluding hydrogens is 422 g/mol. The molecule has 3 rings (SSSR count). The highest BCUT2D eigenvalue weighted by atomic mass is 16.6. The Kier molecular flexibility index (Phi) is 6.29. The number of carbonyl (C=O) groups is 2. The number of nitro benzene ring substituents is 1. The summed E-state index contributed by atoms with van der Waals surface area (Å²) in [5.41, 5.74) is 0.970. The van der Waals surface area contributed by atoms with E-state index in [4.69, 9.17) is 14.7 Å². The third kappa shape index (κ3) is 4.17. The van der Waals surface area contributed by atoms with E-state index in [9.17, 15) is 19.7 Å². The number of dihydropyridines is 1. The van der Waals surface area contributed by atoms with Gasteiger partial charge < -0.3 is 14.8 Å². The summed E-state index contributed by atoms with van der Waals surface area (Å²) in [6.45, 7) is 2.83. The fourth-order valence-electron chi connectivity index (χ4n) is 3.39. The van der Waals surface area contributed by atoms with E-state index in [1.807, 2.05) is 0 Å². The summed E-state index contributed by atoms with van der Waals surface area (Å²) < 4.78 is 14.7. The maximum absolute atomic E-state index is 13.1. The van der Waals surface area contributed by atoms with Gasteiger partial charge in [-0.1, -0.05) is 12.1 Å². The first-order chi connectivity index (χ1) is 15.3. The van der Waals surface area contributed by atoms with Crippen molar-refractivity contribution in [1.82, 2.24) is 15.6 Å². The molecule has 0 spiro atoms. The molecule has 1 aromatic heterocycles. The number of nitro groups is 1. The zero-order valence-corrected chi connectivity index (χ0v) is 17.2. The summed E-state index contributed by atoms with van der Waals surface area (Å²) in [6.07, 6.45) is 0. The molecule has 0 radical (unpaired) electrons. The number of hydrogen-bond donors (Lipinski definition) is 1. The molecule has 32 heavy (non-hydrogen) atoms. The van der Waals surface area contributed by atoms with E-state index in [0.717, 1.165) is 0 Å². The van der Waals surface area contributed by atoms with Crippen LogP contribution in [0.2, 0.25) is 0 Å². The number of methoxy groups -OCH3 is 1. The molecule has 0 aliphatic carbocycles. The van der Waals surface area contributed by atoms with Crippen LogP contribution in [0.1, 0.15) is 36.7 Å². The van der Waals surface area contributed by atoms with Crippen molar-refractivity contribution in [2.75, 3.05) is 7.11 Å². The largest absolute Gasteiger partial charge is 0.466 e. The molecule has 12 heteroatoms. The van der Waals surface area contributed by atoms with E-state index >= 15 is 0 Å². The summed E-state index contributed by atoms with van der Waals surface area (Å²) >= 11 is 0. The Morgan fingerprint density at radius 2 is 1.94 bits per heavy atom. The maximum atomic E-state index is 13.1. The molecule has 0 amide bonds. The van der Waals surface area contributed by atoms with Gasteiger partial charge in [-0.05, 0) is 29.7 Å². The average Bonchev–Trinajstić information content (AvgIpc) is 3.24. The summed E-state index contributed by atoms with van der Waals surface area (Å²) in [5, 5.41) is 30.1. The third-order valence-electron chi connectivity index (χ3n) is 4.80. The summed E-state index contributed by atoms with van der Waals surface area (Å²) in [4.78, 5) is 36.4. The molecule has 2 heterocycles. The van der Waals surface area contributed by atoms with E-state index in [1.165, 1.54) is 25.3 Å². The molecule has 1 unspecified atom stereocenters. The second-order valence-electron chi connectivity index (χ2n) is 6.73. The van der Waals surface area contributed by atoms with Crippen molar-refractivity contribution in [3.05, 3.63) is 73.9 Å². The van der Waals surface area contributed by atoms with Gasteiger partial charge in [-0.3, -0.25) is 10.1 Å². The van der Waals surface area contributed by atoms with Crippen molar-refractivity contribution < 1.29 is 28.6 Å². The number of nitrogens with one attached hydrogen (secondary N) is 1. The lowest BCUT2D eigenvalue weighted by atomic mass is 9.80. The Bertz CT molecular complexity index is 1200. The third-order valence-corrected chi connectivity index (χ3v) is 4.80. The van der Waals surface area contributed by atoms with Crippen LogP contribution in [0.15, 0.2) is 51.4 Å². The molecule has 1 N–H and O–H groups in total. The normalized spacial score (nSPS) is 15.6. The Hall–Kier alpha value is -4.53.